The number of furan rings is 1. The Morgan fingerprint density at radius 2 is 1.65 bits per heavy atom. The first-order valence-electron chi connectivity index (χ1n) is 7.64. The Morgan fingerprint density at radius 3 is 2.31 bits per heavy atom. The number of benzene rings is 2. The second-order valence-electron chi connectivity index (χ2n) is 5.31. The van der Waals surface area contributed by atoms with Crippen LogP contribution >= 0.6 is 11.8 Å². The Kier molecular flexibility index (Phi) is 5.63. The van der Waals surface area contributed by atoms with Crippen LogP contribution in [0.5, 0.6) is 0 Å². The Morgan fingerprint density at radius 1 is 0.962 bits per heavy atom. The van der Waals surface area contributed by atoms with E-state index in [4.69, 9.17) is 4.42 Å². The summed E-state index contributed by atoms with van der Waals surface area (Å²) in [6, 6.07) is 15.3. The van der Waals surface area contributed by atoms with Crippen LogP contribution in [0.4, 0.5) is 13.2 Å². The Hall–Kier alpha value is -2.73. The summed E-state index contributed by atoms with van der Waals surface area (Å²) in [6.45, 7) is 0. The van der Waals surface area contributed by atoms with Gasteiger partial charge in [-0.15, -0.1) is 0 Å². The van der Waals surface area contributed by atoms with Crippen molar-refractivity contribution in [2.45, 2.75) is 10.7 Å². The second kappa shape index (κ2) is 8.10. The fourth-order valence-electron chi connectivity index (χ4n) is 2.27. The fourth-order valence-corrected chi connectivity index (χ4v) is 2.77. The van der Waals surface area contributed by atoms with Crippen LogP contribution in [0.15, 0.2) is 76.1 Å². The number of thioether (sulfide) groups is 1. The molecule has 0 saturated carbocycles. The first-order valence-corrected chi connectivity index (χ1v) is 8.52. The summed E-state index contributed by atoms with van der Waals surface area (Å²) >= 11 is 0.482. The van der Waals surface area contributed by atoms with Gasteiger partial charge >= 0.3 is 0 Å². The Balaban J connectivity index is 1.69. The molecule has 26 heavy (non-hydrogen) atoms. The molecule has 132 valence electrons. The van der Waals surface area contributed by atoms with Crippen LogP contribution in [0.2, 0.25) is 0 Å². The summed E-state index contributed by atoms with van der Waals surface area (Å²) in [5.41, 5.74) is 1.12. The third kappa shape index (κ3) is 4.67. The van der Waals surface area contributed by atoms with Crippen molar-refractivity contribution in [1.82, 2.24) is 0 Å². The minimum Gasteiger partial charge on any atom is -0.457 e. The van der Waals surface area contributed by atoms with Gasteiger partial charge in [0.05, 0.1) is 0 Å². The summed E-state index contributed by atoms with van der Waals surface area (Å²) < 4.78 is 43.2. The van der Waals surface area contributed by atoms with Crippen LogP contribution in [0.25, 0.3) is 17.4 Å². The normalized spacial score (nSPS) is 11.4. The molecule has 0 spiro atoms. The van der Waals surface area contributed by atoms with E-state index in [1.807, 2.05) is 0 Å². The number of halogens is 3. The first-order chi connectivity index (χ1) is 12.5. The van der Waals surface area contributed by atoms with Crippen LogP contribution in [-0.2, 0) is 0 Å². The average molecular weight is 374 g/mol. The predicted octanol–water partition coefficient (Wildman–Crippen LogP) is 6.30. The van der Waals surface area contributed by atoms with Crippen molar-refractivity contribution in [3.63, 3.8) is 0 Å². The van der Waals surface area contributed by atoms with E-state index in [1.54, 1.807) is 36.4 Å². The molecule has 0 bridgehead atoms. The van der Waals surface area contributed by atoms with Gasteiger partial charge in [0.15, 0.2) is 5.78 Å². The molecule has 0 saturated heterocycles. The number of rotatable bonds is 6. The lowest BCUT2D eigenvalue weighted by Crippen LogP contribution is -1.93. The highest BCUT2D eigenvalue weighted by atomic mass is 32.2. The van der Waals surface area contributed by atoms with E-state index in [9.17, 15) is 18.0 Å². The summed E-state index contributed by atoms with van der Waals surface area (Å²) in [7, 11) is 0. The van der Waals surface area contributed by atoms with Gasteiger partial charge in [-0.25, -0.2) is 4.39 Å². The van der Waals surface area contributed by atoms with Gasteiger partial charge in [-0.1, -0.05) is 23.9 Å². The van der Waals surface area contributed by atoms with E-state index >= 15 is 0 Å². The second-order valence-corrected chi connectivity index (χ2v) is 6.37. The predicted molar refractivity (Wildman–Crippen MR) is 95.8 cm³/mol. The molecule has 2 aromatic carbocycles. The number of carbonyl (C=O) groups excluding carboxylic acids is 1. The zero-order chi connectivity index (χ0) is 18.5. The van der Waals surface area contributed by atoms with Gasteiger partial charge < -0.3 is 4.42 Å². The van der Waals surface area contributed by atoms with Crippen molar-refractivity contribution in [2.75, 3.05) is 0 Å². The first kappa shape index (κ1) is 18.1. The molecule has 2 nitrogen and oxygen atoms in total. The van der Waals surface area contributed by atoms with Gasteiger partial charge in [0.25, 0.3) is 5.76 Å². The van der Waals surface area contributed by atoms with Gasteiger partial charge in [-0.05, 0) is 60.7 Å². The molecule has 3 rings (SSSR count). The molecule has 0 aliphatic heterocycles. The number of ketones is 1. The third-order valence-electron chi connectivity index (χ3n) is 3.52. The molecule has 0 unspecified atom stereocenters. The number of hydrogen-bond acceptors (Lipinski definition) is 3. The quantitative estimate of drug-likeness (QED) is 0.288. The molecule has 0 aliphatic rings. The van der Waals surface area contributed by atoms with Crippen molar-refractivity contribution >= 4 is 23.6 Å². The zero-order valence-electron chi connectivity index (χ0n) is 13.4. The minimum atomic E-state index is -2.46. The fraction of sp³-hybridized carbons (Fsp3) is 0.0500. The van der Waals surface area contributed by atoms with Gasteiger partial charge in [0.2, 0.25) is 0 Å². The van der Waals surface area contributed by atoms with E-state index < -0.39 is 11.6 Å². The topological polar surface area (TPSA) is 30.2 Å². The van der Waals surface area contributed by atoms with E-state index in [0.29, 0.717) is 33.7 Å². The van der Waals surface area contributed by atoms with E-state index in [0.717, 1.165) is 5.56 Å². The van der Waals surface area contributed by atoms with E-state index in [2.05, 4.69) is 0 Å². The molecule has 0 amide bonds. The lowest BCUT2D eigenvalue weighted by atomic mass is 10.1. The van der Waals surface area contributed by atoms with Crippen molar-refractivity contribution < 1.29 is 22.4 Å². The molecule has 0 aliphatic carbocycles. The van der Waals surface area contributed by atoms with Crippen molar-refractivity contribution in [2.24, 2.45) is 0 Å². The van der Waals surface area contributed by atoms with Crippen LogP contribution in [0.1, 0.15) is 16.1 Å². The van der Waals surface area contributed by atoms with Gasteiger partial charge in [-0.2, -0.15) is 8.78 Å². The Labute approximate surface area is 152 Å². The van der Waals surface area contributed by atoms with Crippen LogP contribution in [0, 0.1) is 5.82 Å². The molecule has 1 aromatic heterocycles. The van der Waals surface area contributed by atoms with Gasteiger partial charge in [-0.3, -0.25) is 4.79 Å². The van der Waals surface area contributed by atoms with Crippen molar-refractivity contribution in [3.8, 4) is 11.3 Å². The Bertz CT molecular complexity index is 913. The summed E-state index contributed by atoms with van der Waals surface area (Å²) in [5.74, 6) is -2.09. The maximum absolute atomic E-state index is 12.9. The molecule has 0 radical (unpaired) electrons. The van der Waals surface area contributed by atoms with Gasteiger partial charge in [0, 0.05) is 16.0 Å². The minimum absolute atomic E-state index is 0.267. The molecular formula is C20H13F3O2S. The molecule has 0 atom stereocenters. The highest BCUT2D eigenvalue weighted by molar-refractivity contribution is 7.99. The molecule has 0 N–H and O–H groups in total. The van der Waals surface area contributed by atoms with Crippen molar-refractivity contribution in [3.05, 3.63) is 83.9 Å². The number of hydrogen-bond donors (Lipinski definition) is 0. The van der Waals surface area contributed by atoms with E-state index in [-0.39, 0.29) is 5.78 Å². The molecule has 0 fully saturated rings. The van der Waals surface area contributed by atoms with Crippen LogP contribution < -0.4 is 0 Å². The SMILES string of the molecule is O=C(C=Cc1ccc(-c2ccc(SC(F)F)cc2)o1)c1ccc(F)cc1. The smallest absolute Gasteiger partial charge is 0.288 e. The maximum Gasteiger partial charge on any atom is 0.288 e. The summed E-state index contributed by atoms with van der Waals surface area (Å²) in [6.07, 6.45) is 2.87. The molecular weight excluding hydrogens is 361 g/mol. The van der Waals surface area contributed by atoms with Crippen LogP contribution in [-0.4, -0.2) is 11.5 Å². The van der Waals surface area contributed by atoms with Crippen molar-refractivity contribution in [1.29, 1.82) is 0 Å². The zero-order valence-corrected chi connectivity index (χ0v) is 14.2. The van der Waals surface area contributed by atoms with Gasteiger partial charge in [0.1, 0.15) is 17.3 Å². The lowest BCUT2D eigenvalue weighted by Gasteiger charge is -2.01. The largest absolute Gasteiger partial charge is 0.457 e. The van der Waals surface area contributed by atoms with Crippen LogP contribution in [0.3, 0.4) is 0 Å². The standard InChI is InChI=1S/C20H13F3O2S/c21-15-5-1-13(2-6-15)18(24)11-7-16-8-12-19(25-16)14-3-9-17(10-4-14)26-20(22)23/h1-12,20H. The highest BCUT2D eigenvalue weighted by Crippen LogP contribution is 2.29. The number of alkyl halides is 2. The third-order valence-corrected chi connectivity index (χ3v) is 4.24. The number of allylic oxidation sites excluding steroid dienone is 1. The molecule has 3 aromatic rings. The lowest BCUT2D eigenvalue weighted by molar-refractivity contribution is 0.104. The number of carbonyl (C=O) groups is 1. The molecule has 1 heterocycles. The summed E-state index contributed by atoms with van der Waals surface area (Å²) in [4.78, 5) is 12.5. The highest BCUT2D eigenvalue weighted by Gasteiger charge is 2.08. The maximum atomic E-state index is 12.9. The average Bonchev–Trinajstić information content (AvgIpc) is 3.09. The van der Waals surface area contributed by atoms with E-state index in [1.165, 1.54) is 36.4 Å². The monoisotopic (exact) mass is 374 g/mol. The molecule has 6 heteroatoms. The summed E-state index contributed by atoms with van der Waals surface area (Å²) in [5, 5.41) is 0.